The lowest BCUT2D eigenvalue weighted by atomic mass is 10.1. The Balaban J connectivity index is 2.58. The highest BCUT2D eigenvalue weighted by Crippen LogP contribution is 2.18. The topological polar surface area (TPSA) is 42.9 Å². The van der Waals surface area contributed by atoms with Gasteiger partial charge in [0, 0.05) is 23.0 Å². The molecule has 0 atom stereocenters. The molecule has 3 nitrogen and oxygen atoms in total. The van der Waals surface area contributed by atoms with Crippen molar-refractivity contribution in [3.05, 3.63) is 47.8 Å². The number of hydrogen-bond donors (Lipinski definition) is 0. The predicted octanol–water partition coefficient (Wildman–Crippen LogP) is 2.26. The highest BCUT2D eigenvalue weighted by molar-refractivity contribution is 5.85. The fourth-order valence-corrected chi connectivity index (χ4v) is 1.38. The highest BCUT2D eigenvalue weighted by Gasteiger charge is 2.05. The number of nitrogens with zero attached hydrogens (tertiary/aromatic N) is 2. The van der Waals surface area contributed by atoms with E-state index in [4.69, 9.17) is 0 Å². The Morgan fingerprint density at radius 1 is 1.20 bits per heavy atom. The van der Waals surface area contributed by atoms with E-state index < -0.39 is 0 Å². The van der Waals surface area contributed by atoms with Crippen molar-refractivity contribution >= 4 is 6.29 Å². The van der Waals surface area contributed by atoms with Crippen molar-refractivity contribution in [1.29, 1.82) is 0 Å². The van der Waals surface area contributed by atoms with Crippen LogP contribution in [0.25, 0.3) is 11.4 Å². The van der Waals surface area contributed by atoms with Crippen LogP contribution in [0.4, 0.5) is 0 Å². The van der Waals surface area contributed by atoms with E-state index in [2.05, 4.69) is 9.97 Å². The molecule has 2 rings (SSSR count). The lowest BCUT2D eigenvalue weighted by Gasteiger charge is -2.02. The molecule has 1 aromatic carbocycles. The Kier molecular flexibility index (Phi) is 2.54. The number of aryl methyl sites for hydroxylation is 1. The third kappa shape index (κ3) is 1.91. The van der Waals surface area contributed by atoms with Crippen LogP contribution in [0.1, 0.15) is 16.1 Å². The second-order valence-corrected chi connectivity index (χ2v) is 3.23. The molecule has 0 bridgehead atoms. The Hall–Kier alpha value is -2.03. The van der Waals surface area contributed by atoms with E-state index in [1.165, 1.54) is 0 Å². The Bertz CT molecular complexity index is 494. The van der Waals surface area contributed by atoms with Gasteiger partial charge in [-0.15, -0.1) is 0 Å². The largest absolute Gasteiger partial charge is 0.298 e. The number of carbonyl (C=O) groups is 1. The zero-order valence-electron chi connectivity index (χ0n) is 8.34. The van der Waals surface area contributed by atoms with Crippen LogP contribution < -0.4 is 0 Å². The van der Waals surface area contributed by atoms with Crippen molar-refractivity contribution in [1.82, 2.24) is 9.97 Å². The molecule has 1 aromatic heterocycles. The van der Waals surface area contributed by atoms with Gasteiger partial charge < -0.3 is 0 Å². The van der Waals surface area contributed by atoms with Gasteiger partial charge in [0.1, 0.15) is 0 Å². The summed E-state index contributed by atoms with van der Waals surface area (Å²) in [4.78, 5) is 19.3. The molecule has 0 unspecified atom stereocenters. The maximum absolute atomic E-state index is 10.8. The van der Waals surface area contributed by atoms with Gasteiger partial charge in [0.25, 0.3) is 0 Å². The zero-order valence-corrected chi connectivity index (χ0v) is 8.34. The maximum Gasteiger partial charge on any atom is 0.160 e. The smallest absolute Gasteiger partial charge is 0.160 e. The van der Waals surface area contributed by atoms with Crippen molar-refractivity contribution in [3.63, 3.8) is 0 Å². The molecule has 0 aliphatic heterocycles. The summed E-state index contributed by atoms with van der Waals surface area (Å²) in [6.45, 7) is 1.90. The van der Waals surface area contributed by atoms with Gasteiger partial charge in [0.15, 0.2) is 12.1 Å². The second-order valence-electron chi connectivity index (χ2n) is 3.23. The van der Waals surface area contributed by atoms with E-state index in [9.17, 15) is 4.79 Å². The van der Waals surface area contributed by atoms with E-state index in [-0.39, 0.29) is 0 Å². The molecule has 0 aliphatic carbocycles. The molecular formula is C12H10N2O. The van der Waals surface area contributed by atoms with Crippen LogP contribution in [0, 0.1) is 6.92 Å². The molecule has 0 amide bonds. The first-order chi connectivity index (χ1) is 7.31. The normalized spacial score (nSPS) is 9.93. The number of benzene rings is 1. The summed E-state index contributed by atoms with van der Waals surface area (Å²) < 4.78 is 0. The van der Waals surface area contributed by atoms with E-state index in [1.807, 2.05) is 31.2 Å². The van der Waals surface area contributed by atoms with Crippen LogP contribution in [-0.2, 0) is 0 Å². The van der Waals surface area contributed by atoms with Gasteiger partial charge in [-0.25, -0.2) is 9.97 Å². The first kappa shape index (κ1) is 9.52. The first-order valence-electron chi connectivity index (χ1n) is 4.65. The van der Waals surface area contributed by atoms with Crippen molar-refractivity contribution in [2.45, 2.75) is 6.92 Å². The standard InChI is InChI=1S/C12H10N2O/c1-9-6-7-13-12(14-9)11-5-3-2-4-10(11)8-15/h2-8H,1H3. The molecule has 1 heterocycles. The molecule has 0 fully saturated rings. The van der Waals surface area contributed by atoms with E-state index in [0.717, 1.165) is 17.5 Å². The van der Waals surface area contributed by atoms with Crippen LogP contribution >= 0.6 is 0 Å². The lowest BCUT2D eigenvalue weighted by Crippen LogP contribution is -1.94. The summed E-state index contributed by atoms with van der Waals surface area (Å²) in [7, 11) is 0. The van der Waals surface area contributed by atoms with Crippen molar-refractivity contribution in [2.75, 3.05) is 0 Å². The van der Waals surface area contributed by atoms with Gasteiger partial charge in [0.2, 0.25) is 0 Å². The van der Waals surface area contributed by atoms with E-state index in [1.54, 1.807) is 12.3 Å². The van der Waals surface area contributed by atoms with Gasteiger partial charge in [-0.05, 0) is 13.0 Å². The monoisotopic (exact) mass is 198 g/mol. The molecule has 0 radical (unpaired) electrons. The zero-order chi connectivity index (χ0) is 10.7. The summed E-state index contributed by atoms with van der Waals surface area (Å²) >= 11 is 0. The van der Waals surface area contributed by atoms with Gasteiger partial charge in [0.05, 0.1) is 0 Å². The van der Waals surface area contributed by atoms with Crippen molar-refractivity contribution in [3.8, 4) is 11.4 Å². The molecule has 0 saturated heterocycles. The number of carbonyl (C=O) groups excluding carboxylic acids is 1. The number of hydrogen-bond acceptors (Lipinski definition) is 3. The quantitative estimate of drug-likeness (QED) is 0.695. The minimum atomic E-state index is 0.595. The third-order valence-corrected chi connectivity index (χ3v) is 2.12. The van der Waals surface area contributed by atoms with E-state index >= 15 is 0 Å². The molecule has 2 aromatic rings. The van der Waals surface area contributed by atoms with Crippen molar-refractivity contribution < 1.29 is 4.79 Å². The fourth-order valence-electron chi connectivity index (χ4n) is 1.38. The first-order valence-corrected chi connectivity index (χ1v) is 4.65. The average molecular weight is 198 g/mol. The predicted molar refractivity (Wildman–Crippen MR) is 57.6 cm³/mol. The second kappa shape index (κ2) is 4.00. The Morgan fingerprint density at radius 2 is 2.00 bits per heavy atom. The van der Waals surface area contributed by atoms with Crippen LogP contribution in [0.3, 0.4) is 0 Å². The van der Waals surface area contributed by atoms with Gasteiger partial charge in [-0.3, -0.25) is 4.79 Å². The third-order valence-electron chi connectivity index (χ3n) is 2.12. The van der Waals surface area contributed by atoms with Crippen LogP contribution in [-0.4, -0.2) is 16.3 Å². The fraction of sp³-hybridized carbons (Fsp3) is 0.0833. The molecule has 0 aliphatic rings. The molecule has 0 saturated carbocycles. The van der Waals surface area contributed by atoms with Crippen molar-refractivity contribution in [2.24, 2.45) is 0 Å². The van der Waals surface area contributed by atoms with E-state index in [0.29, 0.717) is 11.4 Å². The average Bonchev–Trinajstić information content (AvgIpc) is 2.29. The number of aromatic nitrogens is 2. The Labute approximate surface area is 87.8 Å². The SMILES string of the molecule is Cc1ccnc(-c2ccccc2C=O)n1. The Morgan fingerprint density at radius 3 is 2.73 bits per heavy atom. The number of aldehydes is 1. The molecule has 0 N–H and O–H groups in total. The van der Waals surface area contributed by atoms with Gasteiger partial charge in [-0.1, -0.05) is 24.3 Å². The maximum atomic E-state index is 10.8. The molecule has 0 spiro atoms. The van der Waals surface area contributed by atoms with Gasteiger partial charge >= 0.3 is 0 Å². The summed E-state index contributed by atoms with van der Waals surface area (Å²) in [6.07, 6.45) is 2.51. The summed E-state index contributed by atoms with van der Waals surface area (Å²) in [6, 6.07) is 9.12. The highest BCUT2D eigenvalue weighted by atomic mass is 16.1. The van der Waals surface area contributed by atoms with Crippen LogP contribution in [0.5, 0.6) is 0 Å². The lowest BCUT2D eigenvalue weighted by molar-refractivity contribution is 0.112. The summed E-state index contributed by atoms with van der Waals surface area (Å²) in [5, 5.41) is 0. The molecular weight excluding hydrogens is 188 g/mol. The summed E-state index contributed by atoms with van der Waals surface area (Å²) in [5.41, 5.74) is 2.28. The number of rotatable bonds is 2. The minimum Gasteiger partial charge on any atom is -0.298 e. The molecule has 15 heavy (non-hydrogen) atoms. The van der Waals surface area contributed by atoms with Gasteiger partial charge in [-0.2, -0.15) is 0 Å². The molecule has 74 valence electrons. The summed E-state index contributed by atoms with van der Waals surface area (Å²) in [5.74, 6) is 0.595. The van der Waals surface area contributed by atoms with Crippen LogP contribution in [0.2, 0.25) is 0 Å². The minimum absolute atomic E-state index is 0.595. The molecule has 3 heteroatoms. The van der Waals surface area contributed by atoms with Crippen LogP contribution in [0.15, 0.2) is 36.5 Å².